The third-order valence-electron chi connectivity index (χ3n) is 4.20. The van der Waals surface area contributed by atoms with E-state index < -0.39 is 12.1 Å². The summed E-state index contributed by atoms with van der Waals surface area (Å²) in [7, 11) is 1.56. The largest absolute Gasteiger partial charge is 0.496 e. The van der Waals surface area contributed by atoms with Crippen molar-refractivity contribution < 1.29 is 28.5 Å². The van der Waals surface area contributed by atoms with Crippen molar-refractivity contribution in [3.63, 3.8) is 0 Å². The molecule has 0 aliphatic carbocycles. The van der Waals surface area contributed by atoms with E-state index in [2.05, 4.69) is 0 Å². The predicted molar refractivity (Wildman–Crippen MR) is 104 cm³/mol. The van der Waals surface area contributed by atoms with Crippen LogP contribution in [0.2, 0.25) is 0 Å². The Labute approximate surface area is 165 Å². The highest BCUT2D eigenvalue weighted by Crippen LogP contribution is 2.23. The van der Waals surface area contributed by atoms with Gasteiger partial charge < -0.3 is 19.3 Å². The Morgan fingerprint density at radius 1 is 1.11 bits per heavy atom. The standard InChI is InChI=1S/C22H27FO5/c1-14(2)28-21(22(24)25)11-16-6-8-20(26-4)18(10-16)13-27-12-17-7-5-15(3)9-19(17)23/h5-10,14,21H,11-13H2,1-4H3,(H,24,25). The topological polar surface area (TPSA) is 65.0 Å². The SMILES string of the molecule is COc1ccc(CC(OC(C)C)C(=O)O)cc1COCc1ccc(C)cc1F. The summed E-state index contributed by atoms with van der Waals surface area (Å²) in [5.41, 5.74) is 2.90. The fraction of sp³-hybridized carbons (Fsp3) is 0.409. The van der Waals surface area contributed by atoms with Gasteiger partial charge in [-0.1, -0.05) is 18.2 Å². The van der Waals surface area contributed by atoms with E-state index in [4.69, 9.17) is 14.2 Å². The molecule has 2 aromatic carbocycles. The minimum absolute atomic E-state index is 0.133. The maximum atomic E-state index is 13.9. The van der Waals surface area contributed by atoms with Crippen LogP contribution in [0, 0.1) is 12.7 Å². The Bertz CT molecular complexity index is 804. The fourth-order valence-corrected chi connectivity index (χ4v) is 2.85. The van der Waals surface area contributed by atoms with Crippen LogP contribution in [0.5, 0.6) is 5.75 Å². The number of carbonyl (C=O) groups is 1. The van der Waals surface area contributed by atoms with Gasteiger partial charge in [-0.2, -0.15) is 0 Å². The van der Waals surface area contributed by atoms with Gasteiger partial charge in [-0.05, 0) is 50.1 Å². The van der Waals surface area contributed by atoms with E-state index in [0.717, 1.165) is 16.7 Å². The van der Waals surface area contributed by atoms with Crippen LogP contribution in [0.3, 0.4) is 0 Å². The lowest BCUT2D eigenvalue weighted by atomic mass is 10.0. The van der Waals surface area contributed by atoms with E-state index in [1.54, 1.807) is 33.1 Å². The first-order chi connectivity index (χ1) is 13.3. The van der Waals surface area contributed by atoms with E-state index in [1.165, 1.54) is 6.07 Å². The van der Waals surface area contributed by atoms with Crippen LogP contribution < -0.4 is 4.74 Å². The molecule has 1 unspecified atom stereocenters. The number of carboxylic acid groups (broad SMARTS) is 1. The van der Waals surface area contributed by atoms with Gasteiger partial charge in [0.2, 0.25) is 0 Å². The molecule has 1 atom stereocenters. The van der Waals surface area contributed by atoms with Crippen molar-refractivity contribution in [1.29, 1.82) is 0 Å². The van der Waals surface area contributed by atoms with Crippen molar-refractivity contribution in [1.82, 2.24) is 0 Å². The number of ether oxygens (including phenoxy) is 3. The Morgan fingerprint density at radius 3 is 2.43 bits per heavy atom. The maximum absolute atomic E-state index is 13.9. The summed E-state index contributed by atoms with van der Waals surface area (Å²) in [6, 6.07) is 10.4. The van der Waals surface area contributed by atoms with Gasteiger partial charge in [0, 0.05) is 17.5 Å². The summed E-state index contributed by atoms with van der Waals surface area (Å²) in [5, 5.41) is 9.36. The average Bonchev–Trinajstić information content (AvgIpc) is 2.63. The van der Waals surface area contributed by atoms with E-state index >= 15 is 0 Å². The summed E-state index contributed by atoms with van der Waals surface area (Å²) in [4.78, 5) is 11.4. The molecule has 0 spiro atoms. The molecule has 0 aromatic heterocycles. The van der Waals surface area contributed by atoms with E-state index in [9.17, 15) is 14.3 Å². The number of hydrogen-bond donors (Lipinski definition) is 1. The smallest absolute Gasteiger partial charge is 0.333 e. The zero-order valence-electron chi connectivity index (χ0n) is 16.7. The molecule has 0 aliphatic heterocycles. The minimum Gasteiger partial charge on any atom is -0.496 e. The number of halogens is 1. The summed E-state index contributed by atoms with van der Waals surface area (Å²) < 4.78 is 30.4. The molecule has 0 saturated carbocycles. The van der Waals surface area contributed by atoms with Crippen molar-refractivity contribution in [2.45, 2.75) is 52.6 Å². The summed E-state index contributed by atoms with van der Waals surface area (Å²) in [6.45, 7) is 5.78. The molecule has 0 heterocycles. The van der Waals surface area contributed by atoms with Crippen molar-refractivity contribution in [3.05, 3.63) is 64.5 Å². The highest BCUT2D eigenvalue weighted by atomic mass is 19.1. The van der Waals surface area contributed by atoms with Gasteiger partial charge in [0.25, 0.3) is 0 Å². The minimum atomic E-state index is -1.00. The zero-order valence-corrected chi connectivity index (χ0v) is 16.7. The lowest BCUT2D eigenvalue weighted by Crippen LogP contribution is -2.29. The zero-order chi connectivity index (χ0) is 20.7. The molecule has 6 heteroatoms. The van der Waals surface area contributed by atoms with Crippen molar-refractivity contribution in [2.24, 2.45) is 0 Å². The van der Waals surface area contributed by atoms with Crippen LogP contribution in [0.15, 0.2) is 36.4 Å². The average molecular weight is 390 g/mol. The molecule has 2 aromatic rings. The molecule has 1 N–H and O–H groups in total. The fourth-order valence-electron chi connectivity index (χ4n) is 2.85. The number of rotatable bonds is 10. The molecule has 152 valence electrons. The third-order valence-corrected chi connectivity index (χ3v) is 4.20. The molecule has 0 fully saturated rings. The Hall–Kier alpha value is -2.44. The van der Waals surface area contributed by atoms with Crippen LogP contribution >= 0.6 is 0 Å². The lowest BCUT2D eigenvalue weighted by molar-refractivity contribution is -0.153. The first-order valence-corrected chi connectivity index (χ1v) is 9.17. The van der Waals surface area contributed by atoms with Crippen LogP contribution in [-0.4, -0.2) is 30.4 Å². The van der Waals surface area contributed by atoms with Gasteiger partial charge in [0.05, 0.1) is 26.4 Å². The molecule has 0 aliphatic rings. The normalized spacial score (nSPS) is 12.2. The van der Waals surface area contributed by atoms with Gasteiger partial charge in [-0.15, -0.1) is 0 Å². The summed E-state index contributed by atoms with van der Waals surface area (Å²) >= 11 is 0. The monoisotopic (exact) mass is 390 g/mol. The van der Waals surface area contributed by atoms with Crippen LogP contribution in [0.1, 0.15) is 36.1 Å². The molecule has 0 radical (unpaired) electrons. The number of carboxylic acids is 1. The molecule has 0 saturated heterocycles. The third kappa shape index (κ3) is 6.32. The molecule has 2 rings (SSSR count). The van der Waals surface area contributed by atoms with E-state index in [1.807, 2.05) is 25.1 Å². The maximum Gasteiger partial charge on any atom is 0.333 e. The Balaban J connectivity index is 2.08. The second-order valence-electron chi connectivity index (χ2n) is 6.95. The number of aliphatic carboxylic acids is 1. The summed E-state index contributed by atoms with van der Waals surface area (Å²) in [5.74, 6) is -0.669. The van der Waals surface area contributed by atoms with Gasteiger partial charge in [0.15, 0.2) is 6.10 Å². The highest BCUT2D eigenvalue weighted by molar-refractivity contribution is 5.72. The summed E-state index contributed by atoms with van der Waals surface area (Å²) in [6.07, 6.45) is -0.882. The number of benzene rings is 2. The molecule has 5 nitrogen and oxygen atoms in total. The van der Waals surface area contributed by atoms with E-state index in [0.29, 0.717) is 11.3 Å². The number of methoxy groups -OCH3 is 1. The first kappa shape index (κ1) is 21.9. The molecule has 28 heavy (non-hydrogen) atoms. The molecule has 0 bridgehead atoms. The molecule has 0 amide bonds. The number of hydrogen-bond acceptors (Lipinski definition) is 4. The number of aryl methyl sites for hydroxylation is 1. The van der Waals surface area contributed by atoms with Crippen molar-refractivity contribution in [2.75, 3.05) is 7.11 Å². The molecular formula is C22H27FO5. The van der Waals surface area contributed by atoms with Gasteiger partial charge in [-0.3, -0.25) is 0 Å². The van der Waals surface area contributed by atoms with Gasteiger partial charge in [-0.25, -0.2) is 9.18 Å². The van der Waals surface area contributed by atoms with Gasteiger partial charge in [0.1, 0.15) is 11.6 Å². The van der Waals surface area contributed by atoms with Crippen molar-refractivity contribution in [3.8, 4) is 5.75 Å². The Kier molecular flexibility index (Phi) is 7.96. The van der Waals surface area contributed by atoms with Gasteiger partial charge >= 0.3 is 5.97 Å². The predicted octanol–water partition coefficient (Wildman–Crippen LogP) is 4.28. The van der Waals surface area contributed by atoms with Crippen LogP contribution in [0.25, 0.3) is 0 Å². The lowest BCUT2D eigenvalue weighted by Gasteiger charge is -2.18. The second-order valence-corrected chi connectivity index (χ2v) is 6.95. The second kappa shape index (κ2) is 10.2. The molecular weight excluding hydrogens is 363 g/mol. The van der Waals surface area contributed by atoms with Crippen LogP contribution in [0.4, 0.5) is 4.39 Å². The van der Waals surface area contributed by atoms with Crippen LogP contribution in [-0.2, 0) is 33.9 Å². The highest BCUT2D eigenvalue weighted by Gasteiger charge is 2.20. The Morgan fingerprint density at radius 2 is 1.82 bits per heavy atom. The van der Waals surface area contributed by atoms with E-state index in [-0.39, 0.29) is 31.6 Å². The quantitative estimate of drug-likeness (QED) is 0.656. The first-order valence-electron chi connectivity index (χ1n) is 9.17. The van der Waals surface area contributed by atoms with Crippen molar-refractivity contribution >= 4 is 5.97 Å².